The van der Waals surface area contributed by atoms with Gasteiger partial charge in [0.2, 0.25) is 0 Å². The van der Waals surface area contributed by atoms with Gasteiger partial charge in [0.25, 0.3) is 0 Å². The third-order valence-corrected chi connectivity index (χ3v) is 6.10. The maximum atomic E-state index is 5.11. The maximum Gasteiger partial charge on any atom is 0.164 e. The molecule has 0 radical (unpaired) electrons. The quantitative estimate of drug-likeness (QED) is 0.398. The van der Waals surface area contributed by atoms with Gasteiger partial charge in [0.1, 0.15) is 0 Å². The van der Waals surface area contributed by atoms with Crippen molar-refractivity contribution in [1.29, 1.82) is 0 Å². The van der Waals surface area contributed by atoms with Crippen LogP contribution in [0.3, 0.4) is 0 Å². The van der Waals surface area contributed by atoms with Gasteiger partial charge in [-0.2, -0.15) is 5.10 Å². The monoisotopic (exact) mass is 417 g/mol. The number of aromatic nitrogens is 3. The maximum absolute atomic E-state index is 5.11. The van der Waals surface area contributed by atoms with Crippen molar-refractivity contribution >= 4 is 27.0 Å². The third-order valence-electron chi connectivity index (χ3n) is 5.41. The summed E-state index contributed by atoms with van der Waals surface area (Å²) in [7, 11) is 0. The van der Waals surface area contributed by atoms with E-state index in [1.54, 1.807) is 0 Å². The van der Waals surface area contributed by atoms with Crippen LogP contribution in [-0.4, -0.2) is 14.8 Å². The van der Waals surface area contributed by atoms with Crippen LogP contribution >= 0.6 is 15.9 Å². The molecule has 0 N–H and O–H groups in total. The highest BCUT2D eigenvalue weighted by Crippen LogP contribution is 2.41. The van der Waals surface area contributed by atoms with Crippen molar-refractivity contribution in [2.45, 2.75) is 32.6 Å². The molecule has 134 valence electrons. The van der Waals surface area contributed by atoms with Gasteiger partial charge in [-0.3, -0.25) is 0 Å². The molecule has 4 heteroatoms. The fourth-order valence-electron chi connectivity index (χ4n) is 4.18. The fourth-order valence-corrected chi connectivity index (χ4v) is 4.67. The van der Waals surface area contributed by atoms with E-state index in [1.165, 1.54) is 40.6 Å². The molecule has 0 spiro atoms. The van der Waals surface area contributed by atoms with Crippen LogP contribution in [-0.2, 0) is 12.8 Å². The van der Waals surface area contributed by atoms with E-state index in [2.05, 4.69) is 59.3 Å². The van der Waals surface area contributed by atoms with Crippen molar-refractivity contribution in [2.75, 3.05) is 0 Å². The van der Waals surface area contributed by atoms with Crippen LogP contribution in [0.4, 0.5) is 0 Å². The van der Waals surface area contributed by atoms with E-state index in [-0.39, 0.29) is 0 Å². The lowest BCUT2D eigenvalue weighted by Crippen LogP contribution is -2.09. The number of fused-ring (bicyclic) bond motifs is 2. The molecule has 0 bridgehead atoms. The Morgan fingerprint density at radius 3 is 2.48 bits per heavy atom. The van der Waals surface area contributed by atoms with Crippen molar-refractivity contribution in [1.82, 2.24) is 14.8 Å². The predicted molar refractivity (Wildman–Crippen MR) is 113 cm³/mol. The number of rotatable bonds is 2. The average Bonchev–Trinajstić information content (AvgIpc) is 3.04. The summed E-state index contributed by atoms with van der Waals surface area (Å²) in [5.74, 6) is 0. The first-order valence-corrected chi connectivity index (χ1v) is 10.2. The Morgan fingerprint density at radius 2 is 1.67 bits per heavy atom. The van der Waals surface area contributed by atoms with Gasteiger partial charge >= 0.3 is 0 Å². The number of pyridine rings is 1. The number of hydrogen-bond donors (Lipinski definition) is 0. The molecule has 0 atom stereocenters. The summed E-state index contributed by atoms with van der Waals surface area (Å²) in [5.41, 5.74) is 8.22. The molecule has 2 heterocycles. The van der Waals surface area contributed by atoms with Crippen LogP contribution in [0.1, 0.15) is 29.8 Å². The lowest BCUT2D eigenvalue weighted by atomic mass is 9.87. The van der Waals surface area contributed by atoms with Crippen LogP contribution in [0.5, 0.6) is 0 Å². The van der Waals surface area contributed by atoms with Gasteiger partial charge in [-0.15, -0.1) is 0 Å². The number of halogens is 1. The second kappa shape index (κ2) is 6.61. The van der Waals surface area contributed by atoms with Crippen molar-refractivity contribution in [2.24, 2.45) is 0 Å². The Balaban J connectivity index is 1.91. The number of para-hydroxylation sites is 1. The van der Waals surface area contributed by atoms with Gasteiger partial charge in [0.05, 0.1) is 16.8 Å². The van der Waals surface area contributed by atoms with Gasteiger partial charge in [0, 0.05) is 15.7 Å². The lowest BCUT2D eigenvalue weighted by molar-refractivity contribution is 0.671. The van der Waals surface area contributed by atoms with E-state index in [0.717, 1.165) is 34.3 Å². The summed E-state index contributed by atoms with van der Waals surface area (Å²) in [5, 5.41) is 6.06. The normalized spacial score (nSPS) is 13.7. The minimum atomic E-state index is 0.963. The molecule has 1 aliphatic carbocycles. The highest BCUT2D eigenvalue weighted by atomic mass is 79.9. The summed E-state index contributed by atoms with van der Waals surface area (Å²) in [4.78, 5) is 5.11. The fraction of sp³-hybridized carbons (Fsp3) is 0.217. The van der Waals surface area contributed by atoms with Gasteiger partial charge in [0.15, 0.2) is 5.65 Å². The van der Waals surface area contributed by atoms with Crippen molar-refractivity contribution < 1.29 is 0 Å². The zero-order chi connectivity index (χ0) is 18.4. The van der Waals surface area contributed by atoms with Crippen molar-refractivity contribution in [3.05, 3.63) is 76.0 Å². The second-order valence-electron chi connectivity index (χ2n) is 7.13. The SMILES string of the molecule is Cc1nn(-c2ccccc2)c2nc3c(c(-c4ccccc4Br)c12)CCCC3. The first-order valence-electron chi connectivity index (χ1n) is 9.45. The summed E-state index contributed by atoms with van der Waals surface area (Å²) >= 11 is 3.78. The molecule has 0 saturated heterocycles. The number of hydrogen-bond acceptors (Lipinski definition) is 2. The summed E-state index contributed by atoms with van der Waals surface area (Å²) in [6.07, 6.45) is 4.56. The zero-order valence-corrected chi connectivity index (χ0v) is 16.8. The number of aryl methyl sites for hydroxylation is 2. The summed E-state index contributed by atoms with van der Waals surface area (Å²) < 4.78 is 3.12. The Kier molecular flexibility index (Phi) is 4.09. The first kappa shape index (κ1) is 16.7. The third kappa shape index (κ3) is 2.71. The molecule has 2 aromatic heterocycles. The van der Waals surface area contributed by atoms with Crippen molar-refractivity contribution in [3.63, 3.8) is 0 Å². The minimum Gasteiger partial charge on any atom is -0.233 e. The summed E-state index contributed by atoms with van der Waals surface area (Å²) in [6.45, 7) is 2.10. The standard InChI is InChI=1S/C23H20BrN3/c1-15-21-22(17-11-5-7-13-19(17)24)18-12-6-8-14-20(18)25-23(21)27(26-15)16-9-3-2-4-10-16/h2-5,7,9-11,13H,6,8,12,14H2,1H3. The Labute approximate surface area is 167 Å². The molecule has 0 saturated carbocycles. The van der Waals surface area contributed by atoms with E-state index in [0.29, 0.717) is 0 Å². The van der Waals surface area contributed by atoms with Gasteiger partial charge < -0.3 is 0 Å². The predicted octanol–water partition coefficient (Wildman–Crippen LogP) is 6.04. The molecule has 3 nitrogen and oxygen atoms in total. The van der Waals surface area contributed by atoms with Crippen LogP contribution < -0.4 is 0 Å². The average molecular weight is 418 g/mol. The topological polar surface area (TPSA) is 30.7 Å². The van der Waals surface area contributed by atoms with E-state index in [9.17, 15) is 0 Å². The molecule has 0 amide bonds. The molecule has 0 aliphatic heterocycles. The number of nitrogens with zero attached hydrogens (tertiary/aromatic N) is 3. The largest absolute Gasteiger partial charge is 0.233 e. The molecule has 27 heavy (non-hydrogen) atoms. The smallest absolute Gasteiger partial charge is 0.164 e. The molecule has 0 unspecified atom stereocenters. The van der Waals surface area contributed by atoms with E-state index >= 15 is 0 Å². The zero-order valence-electron chi connectivity index (χ0n) is 15.2. The molecule has 1 aliphatic rings. The van der Waals surface area contributed by atoms with Gasteiger partial charge in [-0.1, -0.05) is 52.3 Å². The first-order chi connectivity index (χ1) is 13.2. The Hall–Kier alpha value is -2.46. The second-order valence-corrected chi connectivity index (χ2v) is 7.98. The van der Waals surface area contributed by atoms with Crippen LogP contribution in [0, 0.1) is 6.92 Å². The van der Waals surface area contributed by atoms with Crippen LogP contribution in [0.25, 0.3) is 27.8 Å². The molecular weight excluding hydrogens is 398 g/mol. The van der Waals surface area contributed by atoms with Crippen LogP contribution in [0.2, 0.25) is 0 Å². The molecule has 4 aromatic rings. The highest BCUT2D eigenvalue weighted by Gasteiger charge is 2.24. The van der Waals surface area contributed by atoms with E-state index in [1.807, 2.05) is 22.9 Å². The van der Waals surface area contributed by atoms with Crippen LogP contribution in [0.15, 0.2) is 59.1 Å². The van der Waals surface area contributed by atoms with E-state index < -0.39 is 0 Å². The van der Waals surface area contributed by atoms with E-state index in [4.69, 9.17) is 10.1 Å². The Bertz CT molecular complexity index is 1150. The molecule has 0 fully saturated rings. The van der Waals surface area contributed by atoms with Gasteiger partial charge in [-0.05, 0) is 61.9 Å². The summed E-state index contributed by atoms with van der Waals surface area (Å²) in [6, 6.07) is 18.8. The Morgan fingerprint density at radius 1 is 0.926 bits per heavy atom. The highest BCUT2D eigenvalue weighted by molar-refractivity contribution is 9.10. The molecule has 2 aromatic carbocycles. The molecular formula is C23H20BrN3. The van der Waals surface area contributed by atoms with Gasteiger partial charge in [-0.25, -0.2) is 9.67 Å². The minimum absolute atomic E-state index is 0.963. The molecule has 5 rings (SSSR count). The lowest BCUT2D eigenvalue weighted by Gasteiger charge is -2.21. The number of benzene rings is 2. The van der Waals surface area contributed by atoms with Crippen molar-refractivity contribution in [3.8, 4) is 16.8 Å².